The van der Waals surface area contributed by atoms with Crippen molar-refractivity contribution >= 4 is 0 Å². The Balaban J connectivity index is 1.91. The van der Waals surface area contributed by atoms with Gasteiger partial charge in [-0.15, -0.1) is 0 Å². The maximum absolute atomic E-state index is 10.1. The Hall–Kier alpha value is -0.960. The summed E-state index contributed by atoms with van der Waals surface area (Å²) >= 11 is 0. The Morgan fingerprint density at radius 3 is 2.62 bits per heavy atom. The van der Waals surface area contributed by atoms with Crippen LogP contribution in [-0.4, -0.2) is 15.1 Å². The van der Waals surface area contributed by atoms with E-state index in [1.54, 1.807) is 12.4 Å². The van der Waals surface area contributed by atoms with Gasteiger partial charge in [-0.25, -0.2) is 0 Å². The van der Waals surface area contributed by atoms with Crippen molar-refractivity contribution in [3.63, 3.8) is 0 Å². The highest BCUT2D eigenvalue weighted by atomic mass is 16.3. The van der Waals surface area contributed by atoms with Gasteiger partial charge in [0.05, 0.1) is 23.7 Å². The summed E-state index contributed by atoms with van der Waals surface area (Å²) in [5.74, 6) is 0.673. The second-order valence-electron chi connectivity index (χ2n) is 4.84. The largest absolute Gasteiger partial charge is 0.387 e. The van der Waals surface area contributed by atoms with Crippen molar-refractivity contribution in [3.05, 3.63) is 23.8 Å². The molecule has 0 radical (unpaired) electrons. The van der Waals surface area contributed by atoms with E-state index in [4.69, 9.17) is 0 Å². The molecule has 1 unspecified atom stereocenters. The van der Waals surface area contributed by atoms with E-state index in [0.29, 0.717) is 5.92 Å². The summed E-state index contributed by atoms with van der Waals surface area (Å²) < 4.78 is 0. The molecule has 1 heterocycles. The minimum Gasteiger partial charge on any atom is -0.387 e. The third kappa shape index (κ3) is 3.01. The SMILES string of the molecule is Cc1cnc(C(O)CC2CCCCC2)cn1. The van der Waals surface area contributed by atoms with Gasteiger partial charge in [-0.2, -0.15) is 0 Å². The lowest BCUT2D eigenvalue weighted by Gasteiger charge is -2.23. The molecular weight excluding hydrogens is 200 g/mol. The molecule has 0 saturated heterocycles. The fraction of sp³-hybridized carbons (Fsp3) is 0.692. The first-order chi connectivity index (χ1) is 7.75. The minimum absolute atomic E-state index is 0.434. The van der Waals surface area contributed by atoms with E-state index in [0.717, 1.165) is 17.8 Å². The number of nitrogens with zero attached hydrogens (tertiary/aromatic N) is 2. The van der Waals surface area contributed by atoms with E-state index in [1.807, 2.05) is 6.92 Å². The Labute approximate surface area is 96.9 Å². The second-order valence-corrected chi connectivity index (χ2v) is 4.84. The third-order valence-electron chi connectivity index (χ3n) is 3.42. The Morgan fingerprint density at radius 1 is 1.25 bits per heavy atom. The van der Waals surface area contributed by atoms with Crippen molar-refractivity contribution < 1.29 is 5.11 Å². The van der Waals surface area contributed by atoms with Crippen LogP contribution in [0.1, 0.15) is 56.0 Å². The van der Waals surface area contributed by atoms with E-state index in [2.05, 4.69) is 9.97 Å². The Bertz CT molecular complexity index is 317. The van der Waals surface area contributed by atoms with Crippen molar-refractivity contribution in [2.75, 3.05) is 0 Å². The summed E-state index contributed by atoms with van der Waals surface area (Å²) in [4.78, 5) is 8.40. The van der Waals surface area contributed by atoms with Crippen molar-refractivity contribution in [1.29, 1.82) is 0 Å². The summed E-state index contributed by atoms with van der Waals surface area (Å²) in [5, 5.41) is 10.1. The number of aromatic nitrogens is 2. The van der Waals surface area contributed by atoms with E-state index < -0.39 is 6.10 Å². The van der Waals surface area contributed by atoms with Crippen molar-refractivity contribution in [3.8, 4) is 0 Å². The van der Waals surface area contributed by atoms with E-state index in [-0.39, 0.29) is 0 Å². The van der Waals surface area contributed by atoms with Crippen LogP contribution in [0.3, 0.4) is 0 Å². The highest BCUT2D eigenvalue weighted by Crippen LogP contribution is 2.30. The molecule has 88 valence electrons. The molecule has 0 spiro atoms. The normalized spacial score (nSPS) is 19.6. The molecule has 0 bridgehead atoms. The zero-order valence-corrected chi connectivity index (χ0v) is 9.89. The number of aryl methyl sites for hydroxylation is 1. The van der Waals surface area contributed by atoms with Crippen LogP contribution in [0.15, 0.2) is 12.4 Å². The van der Waals surface area contributed by atoms with Gasteiger partial charge in [0, 0.05) is 6.20 Å². The number of aliphatic hydroxyl groups is 1. The molecular formula is C13H20N2O. The predicted octanol–water partition coefficient (Wildman–Crippen LogP) is 2.79. The van der Waals surface area contributed by atoms with E-state index in [9.17, 15) is 5.11 Å². The summed E-state index contributed by atoms with van der Waals surface area (Å²) in [6.45, 7) is 1.91. The van der Waals surface area contributed by atoms with Gasteiger partial charge in [-0.1, -0.05) is 32.1 Å². The van der Waals surface area contributed by atoms with Crippen LogP contribution in [0, 0.1) is 12.8 Å². The molecule has 1 aliphatic carbocycles. The average Bonchev–Trinajstić information content (AvgIpc) is 2.31. The quantitative estimate of drug-likeness (QED) is 0.852. The molecule has 1 fully saturated rings. The highest BCUT2D eigenvalue weighted by Gasteiger charge is 2.19. The molecule has 3 heteroatoms. The molecule has 3 nitrogen and oxygen atoms in total. The van der Waals surface area contributed by atoms with Crippen LogP contribution in [0.4, 0.5) is 0 Å². The smallest absolute Gasteiger partial charge is 0.0978 e. The number of hydrogen-bond acceptors (Lipinski definition) is 3. The lowest BCUT2D eigenvalue weighted by Crippen LogP contribution is -2.12. The summed E-state index contributed by atoms with van der Waals surface area (Å²) in [6, 6.07) is 0. The molecule has 1 aliphatic rings. The molecule has 0 aromatic carbocycles. The topological polar surface area (TPSA) is 46.0 Å². The third-order valence-corrected chi connectivity index (χ3v) is 3.42. The van der Waals surface area contributed by atoms with Gasteiger partial charge in [0.15, 0.2) is 0 Å². The predicted molar refractivity (Wildman–Crippen MR) is 62.9 cm³/mol. The Morgan fingerprint density at radius 2 is 2.00 bits per heavy atom. The van der Waals surface area contributed by atoms with Gasteiger partial charge >= 0.3 is 0 Å². The summed E-state index contributed by atoms with van der Waals surface area (Å²) in [6.07, 6.45) is 10.3. The molecule has 2 rings (SSSR count). The van der Waals surface area contributed by atoms with Crippen LogP contribution in [0.2, 0.25) is 0 Å². The van der Waals surface area contributed by atoms with Crippen LogP contribution < -0.4 is 0 Å². The summed E-state index contributed by atoms with van der Waals surface area (Å²) in [7, 11) is 0. The fourth-order valence-corrected chi connectivity index (χ4v) is 2.43. The zero-order chi connectivity index (χ0) is 11.4. The number of rotatable bonds is 3. The Kier molecular flexibility index (Phi) is 3.88. The molecule has 1 aromatic rings. The number of aliphatic hydroxyl groups excluding tert-OH is 1. The van der Waals surface area contributed by atoms with Gasteiger partial charge in [0.1, 0.15) is 0 Å². The van der Waals surface area contributed by atoms with Gasteiger partial charge < -0.3 is 5.11 Å². The molecule has 16 heavy (non-hydrogen) atoms. The molecule has 0 aliphatic heterocycles. The first-order valence-corrected chi connectivity index (χ1v) is 6.22. The molecule has 1 atom stereocenters. The van der Waals surface area contributed by atoms with Crippen LogP contribution >= 0.6 is 0 Å². The zero-order valence-electron chi connectivity index (χ0n) is 9.89. The van der Waals surface area contributed by atoms with Gasteiger partial charge in [0.2, 0.25) is 0 Å². The highest BCUT2D eigenvalue weighted by molar-refractivity contribution is 5.03. The summed E-state index contributed by atoms with van der Waals surface area (Å²) in [5.41, 5.74) is 1.62. The first-order valence-electron chi connectivity index (χ1n) is 6.22. The van der Waals surface area contributed by atoms with Crippen LogP contribution in [0.5, 0.6) is 0 Å². The van der Waals surface area contributed by atoms with Crippen molar-refractivity contribution in [1.82, 2.24) is 9.97 Å². The van der Waals surface area contributed by atoms with E-state index in [1.165, 1.54) is 32.1 Å². The molecule has 1 aromatic heterocycles. The average molecular weight is 220 g/mol. The van der Waals surface area contributed by atoms with Crippen LogP contribution in [0.25, 0.3) is 0 Å². The molecule has 1 saturated carbocycles. The fourth-order valence-electron chi connectivity index (χ4n) is 2.43. The van der Waals surface area contributed by atoms with E-state index >= 15 is 0 Å². The van der Waals surface area contributed by atoms with Gasteiger partial charge in [-0.3, -0.25) is 9.97 Å². The standard InChI is InChI=1S/C13H20N2O/c1-10-8-15-12(9-14-10)13(16)7-11-5-3-2-4-6-11/h8-9,11,13,16H,2-7H2,1H3. The minimum atomic E-state index is -0.434. The van der Waals surface area contributed by atoms with Gasteiger partial charge in [-0.05, 0) is 19.3 Å². The van der Waals surface area contributed by atoms with Crippen molar-refractivity contribution in [2.24, 2.45) is 5.92 Å². The number of hydrogen-bond donors (Lipinski definition) is 1. The monoisotopic (exact) mass is 220 g/mol. The van der Waals surface area contributed by atoms with Gasteiger partial charge in [0.25, 0.3) is 0 Å². The molecule has 1 N–H and O–H groups in total. The maximum atomic E-state index is 10.1. The molecule has 0 amide bonds. The van der Waals surface area contributed by atoms with Crippen molar-refractivity contribution in [2.45, 2.75) is 51.6 Å². The lowest BCUT2D eigenvalue weighted by molar-refractivity contribution is 0.127. The first kappa shape index (κ1) is 11.5. The van der Waals surface area contributed by atoms with Crippen LogP contribution in [-0.2, 0) is 0 Å². The second kappa shape index (κ2) is 5.39. The lowest BCUT2D eigenvalue weighted by atomic mass is 9.85. The maximum Gasteiger partial charge on any atom is 0.0978 e.